The standard InChI is InChI=1S/C26H30F4O3S/c1-4-18-5-6-20-21(13-22(26(28,29)30)25(27)24(18)20)23-15(2)11-19(12-16(23)3)33-14-17-7-9-34(31,32)10-8-17/h11-13,17-18H,4-10,14H2,1-3H3. The molecular formula is C26H30F4O3S. The summed E-state index contributed by atoms with van der Waals surface area (Å²) in [7, 11) is -2.94. The Hall–Kier alpha value is -2.09. The zero-order chi connectivity index (χ0) is 24.8. The average Bonchev–Trinajstić information content (AvgIpc) is 3.18. The van der Waals surface area contributed by atoms with Crippen molar-refractivity contribution in [3.05, 3.63) is 51.8 Å². The Kier molecular flexibility index (Phi) is 6.75. The maximum Gasteiger partial charge on any atom is 0.419 e. The minimum absolute atomic E-state index is 0.157. The molecule has 1 heterocycles. The summed E-state index contributed by atoms with van der Waals surface area (Å²) in [5.74, 6) is -0.223. The van der Waals surface area contributed by atoms with Crippen LogP contribution < -0.4 is 4.74 Å². The van der Waals surface area contributed by atoms with Crippen LogP contribution in [0.2, 0.25) is 0 Å². The number of aryl methyl sites for hydroxylation is 2. The van der Waals surface area contributed by atoms with Gasteiger partial charge >= 0.3 is 6.18 Å². The highest BCUT2D eigenvalue weighted by atomic mass is 32.2. The van der Waals surface area contributed by atoms with Crippen LogP contribution in [0.1, 0.15) is 66.3 Å². The zero-order valence-corrected chi connectivity index (χ0v) is 20.5. The molecule has 2 aromatic rings. The second-order valence-corrected chi connectivity index (χ2v) is 12.0. The molecule has 0 radical (unpaired) electrons. The van der Waals surface area contributed by atoms with E-state index in [0.717, 1.165) is 17.2 Å². The van der Waals surface area contributed by atoms with E-state index in [1.807, 2.05) is 20.8 Å². The van der Waals surface area contributed by atoms with Crippen LogP contribution in [0.5, 0.6) is 5.75 Å². The molecule has 34 heavy (non-hydrogen) atoms. The van der Waals surface area contributed by atoms with Gasteiger partial charge in [-0.3, -0.25) is 0 Å². The number of hydrogen-bond acceptors (Lipinski definition) is 3. The molecule has 186 valence electrons. The maximum absolute atomic E-state index is 15.0. The van der Waals surface area contributed by atoms with Crippen LogP contribution in [0.25, 0.3) is 11.1 Å². The Morgan fingerprint density at radius 3 is 2.21 bits per heavy atom. The van der Waals surface area contributed by atoms with Crippen molar-refractivity contribution in [2.45, 2.75) is 65.0 Å². The van der Waals surface area contributed by atoms with E-state index in [-0.39, 0.29) is 28.9 Å². The molecular weight excluding hydrogens is 468 g/mol. The Balaban J connectivity index is 1.68. The van der Waals surface area contributed by atoms with Gasteiger partial charge in [0.05, 0.1) is 23.7 Å². The molecule has 1 aliphatic carbocycles. The second kappa shape index (κ2) is 9.17. The van der Waals surface area contributed by atoms with Gasteiger partial charge in [-0.25, -0.2) is 12.8 Å². The van der Waals surface area contributed by atoms with E-state index in [4.69, 9.17) is 4.74 Å². The lowest BCUT2D eigenvalue weighted by Gasteiger charge is -2.23. The third-order valence-corrected chi connectivity index (χ3v) is 9.01. The van der Waals surface area contributed by atoms with Crippen molar-refractivity contribution in [1.29, 1.82) is 0 Å². The monoisotopic (exact) mass is 498 g/mol. The Bertz CT molecular complexity index is 1160. The first-order chi connectivity index (χ1) is 15.9. The fourth-order valence-corrected chi connectivity index (χ4v) is 7.05. The van der Waals surface area contributed by atoms with Crippen LogP contribution in [-0.4, -0.2) is 26.5 Å². The van der Waals surface area contributed by atoms with E-state index in [0.29, 0.717) is 61.2 Å². The summed E-state index contributed by atoms with van der Waals surface area (Å²) in [5, 5.41) is 0. The fraction of sp³-hybridized carbons (Fsp3) is 0.538. The predicted molar refractivity (Wildman–Crippen MR) is 125 cm³/mol. The molecule has 0 N–H and O–H groups in total. The number of sulfone groups is 1. The molecule has 1 unspecified atom stereocenters. The summed E-state index contributed by atoms with van der Waals surface area (Å²) < 4.78 is 85.4. The van der Waals surface area contributed by atoms with Gasteiger partial charge in [-0.2, -0.15) is 13.2 Å². The summed E-state index contributed by atoms with van der Waals surface area (Å²) in [6, 6.07) is 4.58. The Labute approximate surface area is 198 Å². The molecule has 0 saturated carbocycles. The highest BCUT2D eigenvalue weighted by Gasteiger charge is 2.40. The van der Waals surface area contributed by atoms with Crippen molar-refractivity contribution < 1.29 is 30.7 Å². The maximum atomic E-state index is 15.0. The van der Waals surface area contributed by atoms with Gasteiger partial charge in [-0.15, -0.1) is 0 Å². The first-order valence-corrected chi connectivity index (χ1v) is 13.6. The van der Waals surface area contributed by atoms with E-state index in [1.165, 1.54) is 0 Å². The van der Waals surface area contributed by atoms with Crippen LogP contribution in [0, 0.1) is 25.6 Å². The van der Waals surface area contributed by atoms with Crippen molar-refractivity contribution in [2.75, 3.05) is 18.1 Å². The van der Waals surface area contributed by atoms with Crippen molar-refractivity contribution >= 4 is 9.84 Å². The van der Waals surface area contributed by atoms with Gasteiger partial charge in [-0.05, 0) is 109 Å². The van der Waals surface area contributed by atoms with Gasteiger partial charge in [0, 0.05) is 0 Å². The van der Waals surface area contributed by atoms with E-state index in [9.17, 15) is 21.6 Å². The van der Waals surface area contributed by atoms with Gasteiger partial charge in [0.2, 0.25) is 0 Å². The molecule has 4 rings (SSSR count). The van der Waals surface area contributed by atoms with Gasteiger partial charge in [-0.1, -0.05) is 6.92 Å². The van der Waals surface area contributed by atoms with Crippen LogP contribution in [0.15, 0.2) is 18.2 Å². The molecule has 0 amide bonds. The number of halogens is 4. The lowest BCUT2D eigenvalue weighted by Crippen LogP contribution is -2.26. The summed E-state index contributed by atoms with van der Waals surface area (Å²) in [4.78, 5) is 0. The van der Waals surface area contributed by atoms with Crippen LogP contribution in [0.3, 0.4) is 0 Å². The SMILES string of the molecule is CCC1CCc2c(-c3c(C)cc(OCC4CCS(=O)(=O)CC4)cc3C)cc(C(F)(F)F)c(F)c21. The third kappa shape index (κ3) is 4.83. The molecule has 1 aliphatic heterocycles. The molecule has 1 fully saturated rings. The summed E-state index contributed by atoms with van der Waals surface area (Å²) >= 11 is 0. The minimum atomic E-state index is -4.77. The quantitative estimate of drug-likeness (QED) is 0.427. The van der Waals surface area contributed by atoms with Crippen molar-refractivity contribution in [1.82, 2.24) is 0 Å². The zero-order valence-electron chi connectivity index (χ0n) is 19.7. The van der Waals surface area contributed by atoms with Crippen molar-refractivity contribution in [3.8, 4) is 16.9 Å². The first-order valence-electron chi connectivity index (χ1n) is 11.8. The molecule has 1 atom stereocenters. The number of rotatable bonds is 5. The largest absolute Gasteiger partial charge is 0.493 e. The molecule has 2 aliphatic rings. The number of fused-ring (bicyclic) bond motifs is 1. The lowest BCUT2D eigenvalue weighted by atomic mass is 9.87. The van der Waals surface area contributed by atoms with E-state index >= 15 is 4.39 Å². The second-order valence-electron chi connectivity index (χ2n) is 9.66. The molecule has 3 nitrogen and oxygen atoms in total. The molecule has 2 aromatic carbocycles. The van der Waals surface area contributed by atoms with Gasteiger partial charge in [0.15, 0.2) is 0 Å². The normalized spacial score (nSPS) is 20.4. The Morgan fingerprint density at radius 2 is 1.65 bits per heavy atom. The highest BCUT2D eigenvalue weighted by Crippen LogP contribution is 2.48. The van der Waals surface area contributed by atoms with Crippen LogP contribution >= 0.6 is 0 Å². The topological polar surface area (TPSA) is 43.4 Å². The van der Waals surface area contributed by atoms with Crippen molar-refractivity contribution in [3.63, 3.8) is 0 Å². The molecule has 0 aromatic heterocycles. The lowest BCUT2D eigenvalue weighted by molar-refractivity contribution is -0.140. The van der Waals surface area contributed by atoms with E-state index < -0.39 is 27.4 Å². The Morgan fingerprint density at radius 1 is 1.03 bits per heavy atom. The van der Waals surface area contributed by atoms with E-state index in [1.54, 1.807) is 12.1 Å². The smallest absolute Gasteiger partial charge is 0.419 e. The number of hydrogen-bond donors (Lipinski definition) is 0. The van der Waals surface area contributed by atoms with Gasteiger partial charge in [0.25, 0.3) is 0 Å². The molecule has 0 bridgehead atoms. The minimum Gasteiger partial charge on any atom is -0.493 e. The van der Waals surface area contributed by atoms with Gasteiger partial charge in [0.1, 0.15) is 21.4 Å². The van der Waals surface area contributed by atoms with Crippen molar-refractivity contribution in [2.24, 2.45) is 5.92 Å². The van der Waals surface area contributed by atoms with Crippen LogP contribution in [-0.2, 0) is 22.4 Å². The van der Waals surface area contributed by atoms with E-state index in [2.05, 4.69) is 0 Å². The number of benzene rings is 2. The van der Waals surface area contributed by atoms with Gasteiger partial charge < -0.3 is 4.74 Å². The van der Waals surface area contributed by atoms with Crippen LogP contribution in [0.4, 0.5) is 17.6 Å². The molecule has 0 spiro atoms. The number of alkyl halides is 3. The summed E-state index contributed by atoms with van der Waals surface area (Å²) in [6.45, 7) is 5.94. The number of ether oxygens (including phenoxy) is 1. The first kappa shape index (κ1) is 25.0. The summed E-state index contributed by atoms with van der Waals surface area (Å²) in [6.07, 6.45) is -1.84. The summed E-state index contributed by atoms with van der Waals surface area (Å²) in [5.41, 5.74) is 2.38. The molecule has 1 saturated heterocycles. The highest BCUT2D eigenvalue weighted by molar-refractivity contribution is 7.91. The molecule has 8 heteroatoms. The fourth-order valence-electron chi connectivity index (χ4n) is 5.46. The third-order valence-electron chi connectivity index (χ3n) is 7.30. The average molecular weight is 499 g/mol. The predicted octanol–water partition coefficient (Wildman–Crippen LogP) is 6.77.